The van der Waals surface area contributed by atoms with Crippen LogP contribution in [0.4, 0.5) is 5.82 Å². The molecule has 0 saturated heterocycles. The summed E-state index contributed by atoms with van der Waals surface area (Å²) in [5.74, 6) is 0.593. The van der Waals surface area contributed by atoms with Crippen molar-refractivity contribution in [2.45, 2.75) is 20.0 Å². The fourth-order valence-electron chi connectivity index (χ4n) is 3.28. The number of hydrogen-bond donors (Lipinski definition) is 1. The van der Waals surface area contributed by atoms with Crippen LogP contribution in [0.3, 0.4) is 0 Å². The Bertz CT molecular complexity index is 1120. The predicted octanol–water partition coefficient (Wildman–Crippen LogP) is 3.60. The highest BCUT2D eigenvalue weighted by atomic mass is 16.1. The van der Waals surface area contributed by atoms with E-state index in [1.165, 1.54) is 5.56 Å². The fraction of sp³-hybridized carbons (Fsp3) is 0.174. The molecule has 4 rings (SSSR count). The lowest BCUT2D eigenvalue weighted by molar-refractivity contribution is 0.0945. The zero-order chi connectivity index (χ0) is 20.2. The zero-order valence-electron chi connectivity index (χ0n) is 16.5. The van der Waals surface area contributed by atoms with Crippen molar-refractivity contribution in [1.82, 2.24) is 19.9 Å². The van der Waals surface area contributed by atoms with Crippen LogP contribution in [0, 0.1) is 6.92 Å². The molecular formula is C23H23N5O. The van der Waals surface area contributed by atoms with E-state index in [-0.39, 0.29) is 5.91 Å². The number of aromatic nitrogens is 3. The molecule has 2 heterocycles. The molecule has 0 spiro atoms. The van der Waals surface area contributed by atoms with Gasteiger partial charge >= 0.3 is 0 Å². The molecule has 1 amide bonds. The summed E-state index contributed by atoms with van der Waals surface area (Å²) in [4.78, 5) is 19.4. The van der Waals surface area contributed by atoms with E-state index >= 15 is 0 Å². The highest BCUT2D eigenvalue weighted by molar-refractivity contribution is 5.94. The molecule has 0 radical (unpaired) electrons. The van der Waals surface area contributed by atoms with Gasteiger partial charge in [0.25, 0.3) is 5.91 Å². The molecular weight excluding hydrogens is 362 g/mol. The summed E-state index contributed by atoms with van der Waals surface area (Å²) in [6, 6.07) is 21.8. The second kappa shape index (κ2) is 8.14. The van der Waals surface area contributed by atoms with Crippen LogP contribution in [0.15, 0.2) is 72.9 Å². The maximum atomic E-state index is 12.6. The molecule has 0 aliphatic rings. The van der Waals surface area contributed by atoms with E-state index in [1.807, 2.05) is 68.7 Å². The number of carbonyl (C=O) groups excluding carboxylic acids is 1. The van der Waals surface area contributed by atoms with Gasteiger partial charge in [0.1, 0.15) is 5.52 Å². The van der Waals surface area contributed by atoms with E-state index < -0.39 is 0 Å². The summed E-state index contributed by atoms with van der Waals surface area (Å²) < 4.78 is 1.73. The molecule has 0 aliphatic carbocycles. The Morgan fingerprint density at radius 2 is 1.69 bits per heavy atom. The molecule has 0 unspecified atom stereocenters. The van der Waals surface area contributed by atoms with Crippen LogP contribution in [0.2, 0.25) is 0 Å². The normalized spacial score (nSPS) is 10.8. The molecule has 29 heavy (non-hydrogen) atoms. The van der Waals surface area contributed by atoms with Gasteiger partial charge in [-0.25, -0.2) is 9.50 Å². The first-order valence-electron chi connectivity index (χ1n) is 9.54. The maximum absolute atomic E-state index is 12.6. The van der Waals surface area contributed by atoms with Gasteiger partial charge in [-0.2, -0.15) is 5.10 Å². The van der Waals surface area contributed by atoms with Gasteiger partial charge in [0.05, 0.1) is 11.9 Å². The number of fused-ring (bicyclic) bond motifs is 1. The minimum atomic E-state index is -0.202. The van der Waals surface area contributed by atoms with Gasteiger partial charge < -0.3 is 10.2 Å². The standard InChI is InChI=1S/C23H23N5O/c1-17-15-28-21(22(25-17)27(2)16-19-11-7-4-8-12-19)13-20(26-28)23(29)24-14-18-9-5-3-6-10-18/h3-13,15H,14,16H2,1-2H3,(H,24,29). The van der Waals surface area contributed by atoms with Crippen LogP contribution in [0.1, 0.15) is 27.3 Å². The Balaban J connectivity index is 1.58. The van der Waals surface area contributed by atoms with Gasteiger partial charge in [0, 0.05) is 26.2 Å². The Morgan fingerprint density at radius 1 is 1.03 bits per heavy atom. The van der Waals surface area contributed by atoms with Crippen molar-refractivity contribution in [1.29, 1.82) is 0 Å². The fourth-order valence-corrected chi connectivity index (χ4v) is 3.28. The van der Waals surface area contributed by atoms with Gasteiger partial charge in [-0.15, -0.1) is 0 Å². The SMILES string of the molecule is Cc1cn2nc(C(=O)NCc3ccccc3)cc2c(N(C)Cc2ccccc2)n1. The zero-order valence-corrected chi connectivity index (χ0v) is 16.5. The number of aryl methyl sites for hydroxylation is 1. The Hall–Kier alpha value is -3.67. The summed E-state index contributed by atoms with van der Waals surface area (Å²) in [6.45, 7) is 3.11. The Morgan fingerprint density at radius 3 is 2.38 bits per heavy atom. The number of benzene rings is 2. The minimum Gasteiger partial charge on any atom is -0.354 e. The first-order valence-corrected chi connectivity index (χ1v) is 9.54. The van der Waals surface area contributed by atoms with Crippen molar-refractivity contribution in [2.24, 2.45) is 0 Å². The van der Waals surface area contributed by atoms with E-state index in [2.05, 4.69) is 27.4 Å². The molecule has 0 saturated carbocycles. The Labute approximate surface area is 169 Å². The van der Waals surface area contributed by atoms with Crippen LogP contribution < -0.4 is 10.2 Å². The molecule has 1 N–H and O–H groups in total. The van der Waals surface area contributed by atoms with E-state index in [1.54, 1.807) is 10.6 Å². The summed E-state index contributed by atoms with van der Waals surface area (Å²) in [7, 11) is 2.00. The van der Waals surface area contributed by atoms with Gasteiger partial charge in [0.2, 0.25) is 0 Å². The monoisotopic (exact) mass is 385 g/mol. The third kappa shape index (κ3) is 4.27. The lowest BCUT2D eigenvalue weighted by Gasteiger charge is -2.19. The summed E-state index contributed by atoms with van der Waals surface area (Å²) in [6.07, 6.45) is 1.84. The van der Waals surface area contributed by atoms with Crippen molar-refractivity contribution < 1.29 is 4.79 Å². The third-order valence-corrected chi connectivity index (χ3v) is 4.71. The highest BCUT2D eigenvalue weighted by Crippen LogP contribution is 2.21. The van der Waals surface area contributed by atoms with E-state index in [9.17, 15) is 4.79 Å². The number of rotatable bonds is 6. The van der Waals surface area contributed by atoms with E-state index in [0.29, 0.717) is 18.8 Å². The highest BCUT2D eigenvalue weighted by Gasteiger charge is 2.16. The topological polar surface area (TPSA) is 62.5 Å². The molecule has 0 bridgehead atoms. The summed E-state index contributed by atoms with van der Waals surface area (Å²) >= 11 is 0. The summed E-state index contributed by atoms with van der Waals surface area (Å²) in [5, 5.41) is 7.40. The number of nitrogens with one attached hydrogen (secondary N) is 1. The van der Waals surface area contributed by atoms with Crippen LogP contribution in [-0.2, 0) is 13.1 Å². The average Bonchev–Trinajstić information content (AvgIpc) is 3.17. The van der Waals surface area contributed by atoms with Crippen molar-refractivity contribution >= 4 is 17.2 Å². The van der Waals surface area contributed by atoms with Crippen LogP contribution >= 0.6 is 0 Å². The quantitative estimate of drug-likeness (QED) is 0.551. The van der Waals surface area contributed by atoms with Crippen LogP contribution in [0.5, 0.6) is 0 Å². The molecule has 146 valence electrons. The lowest BCUT2D eigenvalue weighted by atomic mass is 10.2. The van der Waals surface area contributed by atoms with Crippen molar-refractivity contribution in [2.75, 3.05) is 11.9 Å². The van der Waals surface area contributed by atoms with Gasteiger partial charge in [-0.3, -0.25) is 4.79 Å². The van der Waals surface area contributed by atoms with Gasteiger partial charge in [-0.1, -0.05) is 60.7 Å². The van der Waals surface area contributed by atoms with Crippen LogP contribution in [-0.4, -0.2) is 27.6 Å². The first-order chi connectivity index (χ1) is 14.1. The molecule has 0 aliphatic heterocycles. The summed E-state index contributed by atoms with van der Waals surface area (Å²) in [5.41, 5.74) is 4.26. The molecule has 0 fully saturated rings. The van der Waals surface area contributed by atoms with Crippen LogP contribution in [0.25, 0.3) is 5.52 Å². The van der Waals surface area contributed by atoms with Crippen molar-refractivity contribution in [3.8, 4) is 0 Å². The largest absolute Gasteiger partial charge is 0.354 e. The molecule has 2 aromatic carbocycles. The minimum absolute atomic E-state index is 0.202. The number of nitrogens with zero attached hydrogens (tertiary/aromatic N) is 4. The van der Waals surface area contributed by atoms with Gasteiger partial charge in [-0.05, 0) is 18.1 Å². The van der Waals surface area contributed by atoms with Gasteiger partial charge in [0.15, 0.2) is 11.5 Å². The molecule has 2 aromatic heterocycles. The number of hydrogen-bond acceptors (Lipinski definition) is 4. The molecule has 6 heteroatoms. The molecule has 6 nitrogen and oxygen atoms in total. The maximum Gasteiger partial charge on any atom is 0.272 e. The lowest BCUT2D eigenvalue weighted by Crippen LogP contribution is -2.23. The number of amides is 1. The average molecular weight is 385 g/mol. The third-order valence-electron chi connectivity index (χ3n) is 4.71. The van der Waals surface area contributed by atoms with Crippen molar-refractivity contribution in [3.05, 3.63) is 95.4 Å². The smallest absolute Gasteiger partial charge is 0.272 e. The molecule has 4 aromatic rings. The van der Waals surface area contributed by atoms with E-state index in [0.717, 1.165) is 22.6 Å². The second-order valence-electron chi connectivity index (χ2n) is 7.08. The Kier molecular flexibility index (Phi) is 5.24. The van der Waals surface area contributed by atoms with Crippen molar-refractivity contribution in [3.63, 3.8) is 0 Å². The predicted molar refractivity (Wildman–Crippen MR) is 114 cm³/mol. The number of carbonyl (C=O) groups is 1. The number of anilines is 1. The second-order valence-corrected chi connectivity index (χ2v) is 7.08. The van der Waals surface area contributed by atoms with E-state index in [4.69, 9.17) is 4.98 Å². The molecule has 0 atom stereocenters. The first kappa shape index (κ1) is 18.7.